The Balaban J connectivity index is 1.87. The third kappa shape index (κ3) is 6.69. The normalized spacial score (nSPS) is 19.7. The Morgan fingerprint density at radius 2 is 1.85 bits per heavy atom. The molecule has 2 aliphatic rings. The van der Waals surface area contributed by atoms with Crippen molar-refractivity contribution in [3.05, 3.63) is 42.4 Å². The molecule has 33 heavy (non-hydrogen) atoms. The van der Waals surface area contributed by atoms with Crippen molar-refractivity contribution in [3.63, 3.8) is 0 Å². The van der Waals surface area contributed by atoms with Gasteiger partial charge in [0.05, 0.1) is 12.6 Å². The molecule has 0 bridgehead atoms. The molecule has 2 unspecified atom stereocenters. The van der Waals surface area contributed by atoms with E-state index >= 15 is 0 Å². The fraction of sp³-hybridized carbons (Fsp3) is 0.600. The van der Waals surface area contributed by atoms with Gasteiger partial charge in [-0.15, -0.1) is 0 Å². The number of carbonyl (C=O) groups excluding carboxylic acids is 3. The second kappa shape index (κ2) is 11.5. The molecule has 1 radical (unpaired) electrons. The van der Waals surface area contributed by atoms with E-state index in [4.69, 9.17) is 4.74 Å². The summed E-state index contributed by atoms with van der Waals surface area (Å²) in [5.74, 6) is 0.0833. The number of benzene rings is 1. The van der Waals surface area contributed by atoms with Crippen LogP contribution in [0.15, 0.2) is 30.3 Å². The highest BCUT2D eigenvalue weighted by molar-refractivity contribution is 5.93. The van der Waals surface area contributed by atoms with E-state index in [1.807, 2.05) is 64.6 Å². The molecule has 1 aromatic carbocycles. The average Bonchev–Trinajstić information content (AvgIpc) is 3.15. The number of piperidine rings is 1. The lowest BCUT2D eigenvalue weighted by Crippen LogP contribution is -2.55. The lowest BCUT2D eigenvalue weighted by atomic mass is 9.97. The first kappa shape index (κ1) is 25.0. The zero-order chi connectivity index (χ0) is 24.0. The molecular formula is C25H37N4O4. The van der Waals surface area contributed by atoms with Gasteiger partial charge in [0.1, 0.15) is 0 Å². The van der Waals surface area contributed by atoms with Crippen molar-refractivity contribution in [1.82, 2.24) is 20.2 Å². The van der Waals surface area contributed by atoms with Crippen LogP contribution in [-0.2, 0) is 16.1 Å². The van der Waals surface area contributed by atoms with E-state index in [1.165, 1.54) is 5.01 Å². The van der Waals surface area contributed by atoms with Crippen LogP contribution >= 0.6 is 0 Å². The summed E-state index contributed by atoms with van der Waals surface area (Å²) in [7, 11) is 0. The molecule has 181 valence electrons. The summed E-state index contributed by atoms with van der Waals surface area (Å²) >= 11 is 0. The molecule has 2 atom stereocenters. The number of hydrazine groups is 1. The minimum absolute atomic E-state index is 0.166. The van der Waals surface area contributed by atoms with Crippen LogP contribution < -0.4 is 5.43 Å². The standard InChI is InChI=1S/C25H37N4O4/c1-18(2)15-21(22(30)23-26-29(16-19(3)4)25(32)33-23)28(17-20-11-7-5-8-12-20)24(31)27-13-9-6-10-14-27/h5,7-8,11-13,18-19,21,23,26H,6,9-10,14-17H2,1-4H3. The number of amides is 3. The van der Waals surface area contributed by atoms with Crippen LogP contribution in [0.5, 0.6) is 0 Å². The number of hydrogen-bond donors (Lipinski definition) is 1. The van der Waals surface area contributed by atoms with Crippen molar-refractivity contribution in [2.45, 2.75) is 72.2 Å². The van der Waals surface area contributed by atoms with Crippen molar-refractivity contribution in [2.24, 2.45) is 11.8 Å². The van der Waals surface area contributed by atoms with Gasteiger partial charge in [-0.05, 0) is 43.1 Å². The molecule has 0 aromatic heterocycles. The molecule has 2 saturated heterocycles. The second-order valence-electron chi connectivity index (χ2n) is 9.71. The number of ketones is 1. The van der Waals surface area contributed by atoms with Crippen LogP contribution in [0.4, 0.5) is 9.59 Å². The second-order valence-corrected chi connectivity index (χ2v) is 9.71. The lowest BCUT2D eigenvalue weighted by molar-refractivity contribution is -0.133. The summed E-state index contributed by atoms with van der Waals surface area (Å²) in [6.07, 6.45) is 1.66. The first-order chi connectivity index (χ1) is 15.8. The van der Waals surface area contributed by atoms with Gasteiger partial charge in [-0.2, -0.15) is 5.43 Å². The molecule has 3 rings (SSSR count). The third-order valence-electron chi connectivity index (χ3n) is 5.81. The lowest BCUT2D eigenvalue weighted by Gasteiger charge is -2.38. The number of ether oxygens (including phenoxy) is 1. The molecule has 0 spiro atoms. The highest BCUT2D eigenvalue weighted by Crippen LogP contribution is 2.24. The Morgan fingerprint density at radius 3 is 2.45 bits per heavy atom. The van der Waals surface area contributed by atoms with E-state index in [0.29, 0.717) is 26.1 Å². The van der Waals surface area contributed by atoms with Gasteiger partial charge in [0, 0.05) is 19.6 Å². The highest BCUT2D eigenvalue weighted by atomic mass is 16.6. The highest BCUT2D eigenvalue weighted by Gasteiger charge is 2.43. The number of urea groups is 1. The monoisotopic (exact) mass is 457 g/mol. The maximum absolute atomic E-state index is 13.7. The molecule has 8 nitrogen and oxygen atoms in total. The van der Waals surface area contributed by atoms with Gasteiger partial charge >= 0.3 is 12.1 Å². The first-order valence-electron chi connectivity index (χ1n) is 12.0. The van der Waals surface area contributed by atoms with Crippen LogP contribution in [-0.4, -0.2) is 58.1 Å². The van der Waals surface area contributed by atoms with E-state index < -0.39 is 18.4 Å². The molecule has 0 aliphatic carbocycles. The van der Waals surface area contributed by atoms with E-state index in [-0.39, 0.29) is 23.7 Å². The van der Waals surface area contributed by atoms with Gasteiger partial charge in [0.2, 0.25) is 12.0 Å². The van der Waals surface area contributed by atoms with Gasteiger partial charge in [-0.25, -0.2) is 14.6 Å². The first-order valence-corrected chi connectivity index (χ1v) is 12.0. The molecule has 2 heterocycles. The number of Topliss-reactive ketones (excluding diaryl/α,β-unsaturated/α-hetero) is 1. The summed E-state index contributed by atoms with van der Waals surface area (Å²) in [6.45, 7) is 11.3. The Hall–Kier alpha value is -2.61. The van der Waals surface area contributed by atoms with Crippen molar-refractivity contribution < 1.29 is 19.1 Å². The average molecular weight is 458 g/mol. The number of nitrogens with zero attached hydrogens (tertiary/aromatic N) is 3. The smallest absolute Gasteiger partial charge is 0.420 e. The maximum Gasteiger partial charge on any atom is 0.426 e. The summed E-state index contributed by atoms with van der Waals surface area (Å²) in [6, 6.07) is 8.78. The Labute approximate surface area is 197 Å². The number of hydrogen-bond acceptors (Lipinski definition) is 5. The zero-order valence-electron chi connectivity index (χ0n) is 20.2. The molecule has 2 aliphatic heterocycles. The van der Waals surface area contributed by atoms with Crippen molar-refractivity contribution in [3.8, 4) is 0 Å². The van der Waals surface area contributed by atoms with Gasteiger partial charge in [-0.1, -0.05) is 58.0 Å². The number of carbonyl (C=O) groups is 3. The predicted octanol–water partition coefficient (Wildman–Crippen LogP) is 4.18. The zero-order valence-corrected chi connectivity index (χ0v) is 20.2. The van der Waals surface area contributed by atoms with E-state index in [9.17, 15) is 14.4 Å². The van der Waals surface area contributed by atoms with Gasteiger partial charge in [0.25, 0.3) is 0 Å². The number of likely N-dealkylation sites (tertiary alicyclic amines) is 1. The summed E-state index contributed by atoms with van der Waals surface area (Å²) in [5.41, 5.74) is 3.86. The van der Waals surface area contributed by atoms with Crippen molar-refractivity contribution in [2.75, 3.05) is 13.1 Å². The number of rotatable bonds is 9. The predicted molar refractivity (Wildman–Crippen MR) is 125 cm³/mol. The molecule has 3 amide bonds. The molecule has 0 saturated carbocycles. The molecule has 1 N–H and O–H groups in total. The number of nitrogens with one attached hydrogen (secondary N) is 1. The molecule has 2 fully saturated rings. The molecular weight excluding hydrogens is 420 g/mol. The van der Waals surface area contributed by atoms with Gasteiger partial charge in [0.15, 0.2) is 0 Å². The topological polar surface area (TPSA) is 82.2 Å². The quantitative estimate of drug-likeness (QED) is 0.602. The van der Waals surface area contributed by atoms with Crippen molar-refractivity contribution in [1.29, 1.82) is 0 Å². The van der Waals surface area contributed by atoms with Gasteiger partial charge in [-0.3, -0.25) is 4.79 Å². The van der Waals surface area contributed by atoms with Crippen LogP contribution in [0.25, 0.3) is 0 Å². The minimum Gasteiger partial charge on any atom is -0.420 e. The Morgan fingerprint density at radius 1 is 1.12 bits per heavy atom. The summed E-state index contributed by atoms with van der Waals surface area (Å²) in [4.78, 5) is 43.0. The van der Waals surface area contributed by atoms with E-state index in [0.717, 1.165) is 24.8 Å². The maximum atomic E-state index is 13.7. The van der Waals surface area contributed by atoms with Crippen LogP contribution in [0.2, 0.25) is 0 Å². The van der Waals surface area contributed by atoms with Crippen LogP contribution in [0.3, 0.4) is 0 Å². The summed E-state index contributed by atoms with van der Waals surface area (Å²) in [5, 5.41) is 1.35. The van der Waals surface area contributed by atoms with Crippen molar-refractivity contribution >= 4 is 17.9 Å². The van der Waals surface area contributed by atoms with Crippen LogP contribution in [0, 0.1) is 18.4 Å². The molecule has 8 heteroatoms. The third-order valence-corrected chi connectivity index (χ3v) is 5.81. The minimum atomic E-state index is -1.10. The SMILES string of the molecule is CC(C)CC(C(=O)C1NN(CC(C)C)C(=O)O1)N(Cc1ccccc1)C(=O)N1[CH]CCCC1. The van der Waals surface area contributed by atoms with E-state index in [1.54, 1.807) is 9.80 Å². The Bertz CT molecular complexity index is 808. The van der Waals surface area contributed by atoms with Crippen LogP contribution in [0.1, 0.15) is 58.9 Å². The Kier molecular flexibility index (Phi) is 8.72. The number of cyclic esters (lactones) is 1. The fourth-order valence-corrected chi connectivity index (χ4v) is 4.21. The van der Waals surface area contributed by atoms with Gasteiger partial charge < -0.3 is 14.5 Å². The summed E-state index contributed by atoms with van der Waals surface area (Å²) < 4.78 is 5.39. The van der Waals surface area contributed by atoms with E-state index in [2.05, 4.69) is 5.43 Å². The largest absolute Gasteiger partial charge is 0.426 e. The fourth-order valence-electron chi connectivity index (χ4n) is 4.21. The molecule has 1 aromatic rings.